The lowest BCUT2D eigenvalue weighted by atomic mass is 9.82. The minimum absolute atomic E-state index is 0.0646. The van der Waals surface area contributed by atoms with Gasteiger partial charge in [0.05, 0.1) is 5.56 Å². The number of hydrogen-bond acceptors (Lipinski definition) is 4. The molecule has 4 heteroatoms. The van der Waals surface area contributed by atoms with E-state index in [4.69, 9.17) is 19.4 Å². The van der Waals surface area contributed by atoms with Gasteiger partial charge in [0, 0.05) is 27.3 Å². The molecule has 0 bridgehead atoms. The molecule has 0 saturated carbocycles. The summed E-state index contributed by atoms with van der Waals surface area (Å²) in [6.45, 7) is 4.63. The van der Waals surface area contributed by atoms with Crippen molar-refractivity contribution in [3.63, 3.8) is 0 Å². The first-order valence-corrected chi connectivity index (χ1v) is 15.6. The van der Waals surface area contributed by atoms with Crippen LogP contribution in [0.2, 0.25) is 0 Å². The maximum atomic E-state index is 6.39. The van der Waals surface area contributed by atoms with E-state index in [1.54, 1.807) is 0 Å². The molecular weight excluding hydrogens is 562 g/mol. The van der Waals surface area contributed by atoms with Gasteiger partial charge in [-0.2, -0.15) is 0 Å². The van der Waals surface area contributed by atoms with Gasteiger partial charge in [0.25, 0.3) is 0 Å². The number of benzene rings is 6. The standard InChI is InChI=1S/C42H29N3O/c1-42(2)34-22-8-6-18-32(34)37-29(19-12-23-35(37)42)27-15-10-16-28(25-27)40-43-39(26-13-4-3-5-14-26)44-41(45-40)33-21-11-20-31-30-17-7-9-24-36(30)46-38(31)33/h3-25H,1-2H3. The van der Waals surface area contributed by atoms with Crippen LogP contribution in [-0.2, 0) is 5.41 Å². The van der Waals surface area contributed by atoms with Gasteiger partial charge in [-0.05, 0) is 51.6 Å². The highest BCUT2D eigenvalue weighted by Crippen LogP contribution is 2.52. The van der Waals surface area contributed by atoms with E-state index in [-0.39, 0.29) is 5.41 Å². The van der Waals surface area contributed by atoms with E-state index in [2.05, 4.69) is 92.7 Å². The van der Waals surface area contributed by atoms with Crippen molar-refractivity contribution in [2.75, 3.05) is 0 Å². The zero-order valence-corrected chi connectivity index (χ0v) is 25.5. The molecule has 0 fully saturated rings. The third-order valence-corrected chi connectivity index (χ3v) is 9.35. The predicted octanol–water partition coefficient (Wildman–Crippen LogP) is 10.7. The van der Waals surface area contributed by atoms with Crippen LogP contribution in [0.3, 0.4) is 0 Å². The van der Waals surface area contributed by atoms with E-state index in [0.29, 0.717) is 17.5 Å². The predicted molar refractivity (Wildman–Crippen MR) is 186 cm³/mol. The van der Waals surface area contributed by atoms with Gasteiger partial charge in [0.15, 0.2) is 17.5 Å². The second-order valence-electron chi connectivity index (χ2n) is 12.4. The molecule has 0 unspecified atom stereocenters. The fraction of sp³-hybridized carbons (Fsp3) is 0.0714. The number of aromatic nitrogens is 3. The van der Waals surface area contributed by atoms with Crippen molar-refractivity contribution in [1.29, 1.82) is 0 Å². The Bertz CT molecular complexity index is 2460. The van der Waals surface area contributed by atoms with Crippen LogP contribution in [-0.4, -0.2) is 15.0 Å². The van der Waals surface area contributed by atoms with Crippen LogP contribution in [0.15, 0.2) is 144 Å². The first-order valence-electron chi connectivity index (χ1n) is 15.6. The molecule has 1 aliphatic rings. The smallest absolute Gasteiger partial charge is 0.167 e. The van der Waals surface area contributed by atoms with Crippen molar-refractivity contribution in [1.82, 2.24) is 15.0 Å². The molecule has 2 aromatic heterocycles. The molecule has 1 aliphatic carbocycles. The number of fused-ring (bicyclic) bond motifs is 6. The van der Waals surface area contributed by atoms with E-state index in [9.17, 15) is 0 Å². The first-order chi connectivity index (χ1) is 22.6. The molecule has 2 heterocycles. The lowest BCUT2D eigenvalue weighted by Crippen LogP contribution is -2.14. The van der Waals surface area contributed by atoms with E-state index < -0.39 is 0 Å². The first kappa shape index (κ1) is 26.5. The molecule has 0 amide bonds. The van der Waals surface area contributed by atoms with E-state index >= 15 is 0 Å². The third kappa shape index (κ3) is 4.04. The molecule has 9 rings (SSSR count). The highest BCUT2D eigenvalue weighted by molar-refractivity contribution is 6.09. The van der Waals surface area contributed by atoms with Crippen molar-refractivity contribution in [2.24, 2.45) is 0 Å². The molecule has 0 spiro atoms. The minimum atomic E-state index is -0.0646. The van der Waals surface area contributed by atoms with Crippen LogP contribution >= 0.6 is 0 Å². The van der Waals surface area contributed by atoms with E-state index in [1.165, 1.54) is 27.8 Å². The number of hydrogen-bond donors (Lipinski definition) is 0. The van der Waals surface area contributed by atoms with Gasteiger partial charge in [-0.25, -0.2) is 15.0 Å². The summed E-state index contributed by atoms with van der Waals surface area (Å²) in [6.07, 6.45) is 0. The maximum absolute atomic E-state index is 6.39. The SMILES string of the molecule is CC1(C)c2ccccc2-c2c(-c3cccc(-c4nc(-c5ccccc5)nc(-c5cccc6c5oc5ccccc56)n4)c3)cccc21. The van der Waals surface area contributed by atoms with Crippen LogP contribution in [0.5, 0.6) is 0 Å². The van der Waals surface area contributed by atoms with Crippen LogP contribution < -0.4 is 0 Å². The normalized spacial score (nSPS) is 13.2. The van der Waals surface area contributed by atoms with Gasteiger partial charge in [-0.1, -0.05) is 135 Å². The molecule has 0 aliphatic heterocycles. The van der Waals surface area contributed by atoms with Crippen molar-refractivity contribution >= 4 is 21.9 Å². The van der Waals surface area contributed by atoms with Crippen LogP contribution in [0.4, 0.5) is 0 Å². The molecule has 0 radical (unpaired) electrons. The molecule has 218 valence electrons. The van der Waals surface area contributed by atoms with Gasteiger partial charge in [0.1, 0.15) is 11.2 Å². The Hall–Kier alpha value is -5.87. The topological polar surface area (TPSA) is 51.8 Å². The number of para-hydroxylation sites is 2. The van der Waals surface area contributed by atoms with Gasteiger partial charge in [0.2, 0.25) is 0 Å². The summed E-state index contributed by atoms with van der Waals surface area (Å²) in [7, 11) is 0. The number of nitrogens with zero attached hydrogens (tertiary/aromatic N) is 3. The summed E-state index contributed by atoms with van der Waals surface area (Å²) in [5, 5.41) is 2.12. The molecule has 0 saturated heterocycles. The largest absolute Gasteiger partial charge is 0.455 e. The highest BCUT2D eigenvalue weighted by atomic mass is 16.3. The van der Waals surface area contributed by atoms with Gasteiger partial charge in [-0.3, -0.25) is 0 Å². The van der Waals surface area contributed by atoms with E-state index in [0.717, 1.165) is 44.2 Å². The Labute approximate surface area is 267 Å². The lowest BCUT2D eigenvalue weighted by molar-refractivity contribution is 0.660. The van der Waals surface area contributed by atoms with Gasteiger partial charge in [-0.15, -0.1) is 0 Å². The Morgan fingerprint density at radius 1 is 0.457 bits per heavy atom. The molecule has 46 heavy (non-hydrogen) atoms. The van der Waals surface area contributed by atoms with Crippen molar-refractivity contribution < 1.29 is 4.42 Å². The summed E-state index contributed by atoms with van der Waals surface area (Å²) < 4.78 is 6.39. The lowest BCUT2D eigenvalue weighted by Gasteiger charge is -2.21. The van der Waals surface area contributed by atoms with Gasteiger partial charge < -0.3 is 4.42 Å². The second kappa shape index (κ2) is 10.1. The van der Waals surface area contributed by atoms with Crippen LogP contribution in [0.25, 0.3) is 78.4 Å². The zero-order chi connectivity index (χ0) is 30.8. The second-order valence-corrected chi connectivity index (χ2v) is 12.4. The Morgan fingerprint density at radius 3 is 1.93 bits per heavy atom. The summed E-state index contributed by atoms with van der Waals surface area (Å²) in [5.41, 5.74) is 11.9. The highest BCUT2D eigenvalue weighted by Gasteiger charge is 2.36. The molecule has 8 aromatic rings. The summed E-state index contributed by atoms with van der Waals surface area (Å²) >= 11 is 0. The Kier molecular flexibility index (Phi) is 5.81. The van der Waals surface area contributed by atoms with Crippen molar-refractivity contribution in [3.05, 3.63) is 151 Å². The Morgan fingerprint density at radius 2 is 1.04 bits per heavy atom. The molecule has 6 aromatic carbocycles. The summed E-state index contributed by atoms with van der Waals surface area (Å²) in [5.74, 6) is 1.82. The number of furan rings is 1. The monoisotopic (exact) mass is 591 g/mol. The Balaban J connectivity index is 1.24. The maximum Gasteiger partial charge on any atom is 0.167 e. The summed E-state index contributed by atoms with van der Waals surface area (Å²) in [6, 6.07) is 48.4. The van der Waals surface area contributed by atoms with Crippen LogP contribution in [0, 0.1) is 0 Å². The van der Waals surface area contributed by atoms with Crippen LogP contribution in [0.1, 0.15) is 25.0 Å². The average Bonchev–Trinajstić information content (AvgIpc) is 3.61. The molecule has 0 atom stereocenters. The fourth-order valence-corrected chi connectivity index (χ4v) is 7.09. The quantitative estimate of drug-likeness (QED) is 0.204. The van der Waals surface area contributed by atoms with Crippen molar-refractivity contribution in [3.8, 4) is 56.4 Å². The number of rotatable bonds is 4. The zero-order valence-electron chi connectivity index (χ0n) is 25.5. The van der Waals surface area contributed by atoms with E-state index in [1.807, 2.05) is 60.7 Å². The molecular formula is C42H29N3O. The molecule has 0 N–H and O–H groups in total. The minimum Gasteiger partial charge on any atom is -0.455 e. The average molecular weight is 592 g/mol. The fourth-order valence-electron chi connectivity index (χ4n) is 7.09. The molecule has 4 nitrogen and oxygen atoms in total. The summed E-state index contributed by atoms with van der Waals surface area (Å²) in [4.78, 5) is 15.1. The van der Waals surface area contributed by atoms with Gasteiger partial charge >= 0.3 is 0 Å². The third-order valence-electron chi connectivity index (χ3n) is 9.35. The van der Waals surface area contributed by atoms with Crippen molar-refractivity contribution in [2.45, 2.75) is 19.3 Å².